The topological polar surface area (TPSA) is 182 Å². The Labute approximate surface area is 202 Å². The molecule has 0 aliphatic carbocycles. The van der Waals surface area contributed by atoms with Crippen LogP contribution in [0.1, 0.15) is 17.3 Å². The smallest absolute Gasteiger partial charge is 0.326 e. The summed E-state index contributed by atoms with van der Waals surface area (Å²) in [6, 6.07) is 6.10. The van der Waals surface area contributed by atoms with Crippen molar-refractivity contribution in [3.05, 3.63) is 50.8 Å². The van der Waals surface area contributed by atoms with Crippen molar-refractivity contribution in [2.45, 2.75) is 18.4 Å². The summed E-state index contributed by atoms with van der Waals surface area (Å²) in [6.45, 7) is 1.39. The molecule has 0 aliphatic heterocycles. The lowest BCUT2D eigenvalue weighted by molar-refractivity contribution is -0.385. The van der Waals surface area contributed by atoms with Crippen molar-refractivity contribution in [1.82, 2.24) is 4.57 Å². The van der Waals surface area contributed by atoms with E-state index in [1.54, 1.807) is 6.92 Å². The minimum Gasteiger partial charge on any atom is -0.493 e. The van der Waals surface area contributed by atoms with E-state index in [-0.39, 0.29) is 39.9 Å². The van der Waals surface area contributed by atoms with E-state index in [9.17, 15) is 28.1 Å². The molecule has 1 aromatic heterocycles. The number of benzene rings is 2. The summed E-state index contributed by atoms with van der Waals surface area (Å²) in [5.74, 6) is -1.50. The summed E-state index contributed by atoms with van der Waals surface area (Å²) in [7, 11) is -1.42. The highest BCUT2D eigenvalue weighted by Crippen LogP contribution is 2.34. The molecule has 0 atom stereocenters. The highest BCUT2D eigenvalue weighted by molar-refractivity contribution is 7.89. The summed E-state index contributed by atoms with van der Waals surface area (Å²) >= 11 is 0.891. The van der Waals surface area contributed by atoms with Crippen LogP contribution in [-0.2, 0) is 26.1 Å². The third-order valence-electron chi connectivity index (χ3n) is 4.70. The molecular weight excluding hydrogens is 504 g/mol. The van der Waals surface area contributed by atoms with Crippen molar-refractivity contribution >= 4 is 49.1 Å². The Balaban J connectivity index is 2.25. The average Bonchev–Trinajstić information content (AvgIpc) is 3.13. The number of nitro groups is 1. The zero-order valence-electron chi connectivity index (χ0n) is 18.7. The Bertz CT molecular complexity index is 1510. The van der Waals surface area contributed by atoms with E-state index < -0.39 is 32.5 Å². The molecule has 1 heterocycles. The third-order valence-corrected chi connectivity index (χ3v) is 6.65. The molecule has 0 saturated heterocycles. The van der Waals surface area contributed by atoms with Gasteiger partial charge in [-0.2, -0.15) is 4.99 Å². The normalized spacial score (nSPS) is 11.9. The van der Waals surface area contributed by atoms with Crippen LogP contribution in [0.2, 0.25) is 0 Å². The number of hydrogen-bond donors (Lipinski definition) is 1. The van der Waals surface area contributed by atoms with Crippen molar-refractivity contribution in [1.29, 1.82) is 0 Å². The van der Waals surface area contributed by atoms with Gasteiger partial charge >= 0.3 is 5.97 Å². The Morgan fingerprint density at radius 2 is 1.83 bits per heavy atom. The number of amides is 1. The van der Waals surface area contributed by atoms with Crippen molar-refractivity contribution in [2.24, 2.45) is 10.1 Å². The van der Waals surface area contributed by atoms with Crippen LogP contribution in [0, 0.1) is 10.1 Å². The summed E-state index contributed by atoms with van der Waals surface area (Å²) in [5.41, 5.74) is -0.562. The first-order chi connectivity index (χ1) is 16.5. The minimum absolute atomic E-state index is 0.0197. The van der Waals surface area contributed by atoms with Crippen LogP contribution < -0.4 is 19.4 Å². The number of hydrogen-bond acceptors (Lipinski definition) is 10. The lowest BCUT2D eigenvalue weighted by Gasteiger charge is -2.09. The molecule has 15 heteroatoms. The number of rotatable bonds is 8. The largest absolute Gasteiger partial charge is 0.493 e. The van der Waals surface area contributed by atoms with Crippen molar-refractivity contribution in [3.8, 4) is 11.5 Å². The van der Waals surface area contributed by atoms with Crippen LogP contribution >= 0.6 is 11.3 Å². The molecule has 0 aliphatic rings. The lowest BCUT2D eigenvalue weighted by atomic mass is 10.1. The number of nitrogens with zero attached hydrogens (tertiary/aromatic N) is 3. The van der Waals surface area contributed by atoms with Gasteiger partial charge in [0.25, 0.3) is 11.6 Å². The number of primary sulfonamides is 1. The van der Waals surface area contributed by atoms with E-state index in [0.717, 1.165) is 23.5 Å². The van der Waals surface area contributed by atoms with Crippen LogP contribution in [0.15, 0.2) is 40.2 Å². The molecule has 3 aromatic rings. The van der Waals surface area contributed by atoms with Crippen molar-refractivity contribution in [3.63, 3.8) is 0 Å². The number of carbonyl (C=O) groups is 2. The molecule has 0 radical (unpaired) electrons. The predicted molar refractivity (Wildman–Crippen MR) is 124 cm³/mol. The molecule has 1 amide bonds. The molecule has 2 aromatic carbocycles. The molecule has 0 unspecified atom stereocenters. The number of sulfonamides is 1. The van der Waals surface area contributed by atoms with Crippen LogP contribution in [0.5, 0.6) is 11.5 Å². The SMILES string of the molecule is CCOC(=O)Cn1c(=NC(=O)c2cc(OC)c(OC)cc2[N+](=O)[O-])sc2cc(S(N)(=O)=O)ccc21. The van der Waals surface area contributed by atoms with E-state index in [0.29, 0.717) is 10.2 Å². The summed E-state index contributed by atoms with van der Waals surface area (Å²) in [6.07, 6.45) is 0. The van der Waals surface area contributed by atoms with Crippen molar-refractivity contribution in [2.75, 3.05) is 20.8 Å². The number of nitrogens with two attached hydrogens (primary N) is 1. The monoisotopic (exact) mass is 524 g/mol. The second-order valence-electron chi connectivity index (χ2n) is 6.85. The number of nitro benzene ring substituents is 1. The van der Waals surface area contributed by atoms with E-state index in [2.05, 4.69) is 4.99 Å². The van der Waals surface area contributed by atoms with Crippen molar-refractivity contribution < 1.29 is 37.1 Å². The fourth-order valence-corrected chi connectivity index (χ4v) is 4.82. The molecule has 3 rings (SSSR count). The van der Waals surface area contributed by atoms with Crippen LogP contribution in [0.4, 0.5) is 5.69 Å². The molecule has 13 nitrogen and oxygen atoms in total. The minimum atomic E-state index is -4.02. The summed E-state index contributed by atoms with van der Waals surface area (Å²) in [4.78, 5) is 39.9. The van der Waals surface area contributed by atoms with Gasteiger partial charge in [0.1, 0.15) is 12.1 Å². The number of carbonyl (C=O) groups excluding carboxylic acids is 2. The molecule has 186 valence electrons. The van der Waals surface area contributed by atoms with Gasteiger partial charge in [-0.15, -0.1) is 0 Å². The standard InChI is InChI=1S/C20H20N4O9S2/c1-4-33-18(25)10-23-13-6-5-11(35(21,29)30)7-17(13)34-20(23)22-19(26)12-8-15(31-2)16(32-3)9-14(12)24(27)28/h5-9H,4,10H2,1-3H3,(H2,21,29,30). The van der Waals surface area contributed by atoms with Gasteiger partial charge in [0, 0.05) is 6.07 Å². The number of fused-ring (bicyclic) bond motifs is 1. The fraction of sp³-hybridized carbons (Fsp3) is 0.250. The first kappa shape index (κ1) is 25.8. The molecule has 0 bridgehead atoms. The summed E-state index contributed by atoms with van der Waals surface area (Å²) in [5, 5.41) is 16.8. The van der Waals surface area contributed by atoms with Gasteiger partial charge in [0.15, 0.2) is 16.3 Å². The van der Waals surface area contributed by atoms with Gasteiger partial charge in [-0.3, -0.25) is 19.7 Å². The van der Waals surface area contributed by atoms with E-state index >= 15 is 0 Å². The first-order valence-electron chi connectivity index (χ1n) is 9.81. The molecule has 35 heavy (non-hydrogen) atoms. The van der Waals surface area contributed by atoms with E-state index in [1.165, 1.54) is 37.0 Å². The number of esters is 1. The maximum atomic E-state index is 13.1. The highest BCUT2D eigenvalue weighted by atomic mass is 32.2. The highest BCUT2D eigenvalue weighted by Gasteiger charge is 2.25. The van der Waals surface area contributed by atoms with Crippen LogP contribution in [0.25, 0.3) is 10.2 Å². The number of methoxy groups -OCH3 is 2. The molecule has 0 saturated carbocycles. The fourth-order valence-electron chi connectivity index (χ4n) is 3.14. The molecule has 0 fully saturated rings. The van der Waals surface area contributed by atoms with Gasteiger partial charge in [0.05, 0.1) is 46.9 Å². The maximum Gasteiger partial charge on any atom is 0.326 e. The van der Waals surface area contributed by atoms with Gasteiger partial charge in [-0.1, -0.05) is 11.3 Å². The van der Waals surface area contributed by atoms with Gasteiger partial charge in [-0.25, -0.2) is 13.6 Å². The maximum absolute atomic E-state index is 13.1. The number of ether oxygens (including phenoxy) is 3. The van der Waals surface area contributed by atoms with Gasteiger partial charge in [0.2, 0.25) is 10.0 Å². The number of thiazole rings is 1. The van der Waals surface area contributed by atoms with Crippen LogP contribution in [-0.4, -0.2) is 50.6 Å². The van der Waals surface area contributed by atoms with Crippen LogP contribution in [0.3, 0.4) is 0 Å². The Hall–Kier alpha value is -3.82. The second-order valence-corrected chi connectivity index (χ2v) is 9.42. The first-order valence-corrected chi connectivity index (χ1v) is 12.2. The molecule has 2 N–H and O–H groups in total. The predicted octanol–water partition coefficient (Wildman–Crippen LogP) is 1.58. The van der Waals surface area contributed by atoms with Gasteiger partial charge in [-0.05, 0) is 25.1 Å². The Kier molecular flexibility index (Phi) is 7.52. The molecular formula is C20H20N4O9S2. The average molecular weight is 525 g/mol. The number of aromatic nitrogens is 1. The summed E-state index contributed by atoms with van der Waals surface area (Å²) < 4.78 is 40.4. The lowest BCUT2D eigenvalue weighted by Crippen LogP contribution is -2.23. The quantitative estimate of drug-likeness (QED) is 0.260. The second kappa shape index (κ2) is 10.2. The third kappa shape index (κ3) is 5.47. The van der Waals surface area contributed by atoms with E-state index in [1.807, 2.05) is 0 Å². The Morgan fingerprint density at radius 1 is 1.17 bits per heavy atom. The van der Waals surface area contributed by atoms with Gasteiger partial charge < -0.3 is 18.8 Å². The zero-order valence-corrected chi connectivity index (χ0v) is 20.3. The van der Waals surface area contributed by atoms with E-state index in [4.69, 9.17) is 19.3 Å². The Morgan fingerprint density at radius 3 is 2.40 bits per heavy atom. The zero-order chi connectivity index (χ0) is 25.9. The molecule has 0 spiro atoms.